The first-order valence-corrected chi connectivity index (χ1v) is 19.5. The van der Waals surface area contributed by atoms with E-state index in [0.29, 0.717) is 25.1 Å². The normalized spacial score (nSPS) is 14.8. The Balaban J connectivity index is 0.876. The Bertz CT molecular complexity index is 2730. The minimum atomic E-state index is -4.86. The number of rotatable bonds is 16. The molecule has 0 spiro atoms. The van der Waals surface area contributed by atoms with Crippen LogP contribution in [-0.2, 0) is 20.7 Å². The van der Waals surface area contributed by atoms with E-state index >= 15 is 0 Å². The number of oxazole rings is 1. The molecule has 2 aliphatic rings. The molecule has 1 fully saturated rings. The number of aromatic nitrogens is 4. The number of nitrogens with two attached hydrogens (primary N) is 1. The van der Waals surface area contributed by atoms with Gasteiger partial charge in [-0.2, -0.15) is 18.3 Å². The van der Waals surface area contributed by atoms with Gasteiger partial charge in [-0.1, -0.05) is 6.07 Å². The molecule has 7 rings (SSSR count). The smallest absolute Gasteiger partial charge is 0.413 e. The summed E-state index contributed by atoms with van der Waals surface area (Å²) in [6.45, 7) is -1.13. The van der Waals surface area contributed by atoms with E-state index in [1.807, 2.05) is 0 Å². The number of aryl methyl sites for hydroxylation is 1. The predicted molar refractivity (Wildman–Crippen MR) is 216 cm³/mol. The second-order valence-corrected chi connectivity index (χ2v) is 14.4. The van der Waals surface area contributed by atoms with E-state index in [4.69, 9.17) is 14.9 Å². The number of alkyl halides is 3. The molecule has 5 aromatic rings. The Hall–Kier alpha value is -8.28. The summed E-state index contributed by atoms with van der Waals surface area (Å²) in [7, 11) is 0. The number of imide groups is 2. The molecule has 24 heteroatoms. The molecule has 1 atom stereocenters. The van der Waals surface area contributed by atoms with E-state index in [9.17, 15) is 56.6 Å². The Morgan fingerprint density at radius 1 is 0.985 bits per heavy atom. The number of benzene rings is 2. The van der Waals surface area contributed by atoms with Crippen LogP contribution in [0.4, 0.5) is 29.5 Å². The van der Waals surface area contributed by atoms with E-state index in [1.54, 1.807) is 18.2 Å². The summed E-state index contributed by atoms with van der Waals surface area (Å²) in [4.78, 5) is 108. The second kappa shape index (κ2) is 18.6. The lowest BCUT2D eigenvalue weighted by molar-refractivity contribution is -0.136. The zero-order valence-electron chi connectivity index (χ0n) is 33.6. The molecule has 2 aliphatic heterocycles. The molecule has 1 unspecified atom stereocenters. The van der Waals surface area contributed by atoms with Crippen molar-refractivity contribution in [1.82, 2.24) is 35.3 Å². The van der Waals surface area contributed by atoms with Crippen molar-refractivity contribution >= 4 is 58.9 Å². The van der Waals surface area contributed by atoms with Gasteiger partial charge >= 0.3 is 12.3 Å². The summed E-state index contributed by atoms with van der Waals surface area (Å²) in [6, 6.07) is 12.1. The van der Waals surface area contributed by atoms with Crippen LogP contribution in [0.2, 0.25) is 0 Å². The number of halogens is 3. The van der Waals surface area contributed by atoms with Crippen molar-refractivity contribution < 1.29 is 65.8 Å². The number of fused-ring (bicyclic) bond motifs is 1. The zero-order valence-corrected chi connectivity index (χ0v) is 33.6. The maximum atomic E-state index is 13.1. The standard InChI is InChI=1S/C41H35F3N10O11/c42-41(43,44)20-52(40(62)63)30-17-23(11-12-46-30)37-49-28(19-65-37)35(58)48-27-18-53(51-32(27)33(45)56)24-6-4-22(5-7-24)34(57)47-13-15-64-14-1-2-21-3-8-25-26(16-21)39(61)54(38(25)60)29-9-10-31(55)50-36(29)59/h3-8,11-12,16-19,29H,1-2,9-10,13-15,20H2,(H2,45,56)(H,47,57)(H,48,58)(H,62,63)(H,50,55,59). The van der Waals surface area contributed by atoms with E-state index in [1.165, 1.54) is 41.2 Å². The molecule has 0 saturated carbocycles. The van der Waals surface area contributed by atoms with E-state index in [2.05, 4.69) is 31.0 Å². The Morgan fingerprint density at radius 3 is 2.45 bits per heavy atom. The molecule has 0 bridgehead atoms. The fraction of sp³-hybridized carbons (Fsp3) is 0.244. The number of primary amides is 1. The molecule has 3 aromatic heterocycles. The van der Waals surface area contributed by atoms with Gasteiger partial charge in [-0.15, -0.1) is 0 Å². The summed E-state index contributed by atoms with van der Waals surface area (Å²) < 4.78 is 51.1. The molecule has 5 heterocycles. The van der Waals surface area contributed by atoms with Gasteiger partial charge in [-0.05, 0) is 73.4 Å². The van der Waals surface area contributed by atoms with Crippen LogP contribution in [0.5, 0.6) is 0 Å². The van der Waals surface area contributed by atoms with Crippen LogP contribution in [-0.4, -0.2) is 116 Å². The molecule has 0 aliphatic carbocycles. The molecular weight excluding hydrogens is 866 g/mol. The molecule has 2 aromatic carbocycles. The highest BCUT2D eigenvalue weighted by atomic mass is 19.4. The fourth-order valence-corrected chi connectivity index (χ4v) is 6.86. The third-order valence-electron chi connectivity index (χ3n) is 9.95. The van der Waals surface area contributed by atoms with Crippen LogP contribution < -0.4 is 26.6 Å². The van der Waals surface area contributed by atoms with Gasteiger partial charge in [0.2, 0.25) is 17.7 Å². The topological polar surface area (TPSA) is 291 Å². The third kappa shape index (κ3) is 10.2. The zero-order chi connectivity index (χ0) is 46.6. The Morgan fingerprint density at radius 2 is 1.74 bits per heavy atom. The van der Waals surface area contributed by atoms with Crippen LogP contribution >= 0.6 is 0 Å². The lowest BCUT2D eigenvalue weighted by Crippen LogP contribution is -2.54. The van der Waals surface area contributed by atoms with Crippen molar-refractivity contribution in [1.29, 1.82) is 0 Å². The van der Waals surface area contributed by atoms with Crippen molar-refractivity contribution in [3.05, 3.63) is 107 Å². The van der Waals surface area contributed by atoms with Gasteiger partial charge in [-0.3, -0.25) is 48.7 Å². The van der Waals surface area contributed by atoms with E-state index in [0.717, 1.165) is 29.0 Å². The van der Waals surface area contributed by atoms with Crippen molar-refractivity contribution in [3.8, 4) is 17.1 Å². The van der Waals surface area contributed by atoms with Gasteiger partial charge in [0, 0.05) is 36.9 Å². The molecule has 65 heavy (non-hydrogen) atoms. The maximum absolute atomic E-state index is 13.1. The number of carbonyl (C=O) groups is 8. The van der Waals surface area contributed by atoms with Crippen LogP contribution in [0.1, 0.15) is 76.9 Å². The largest absolute Gasteiger partial charge is 0.465 e. The molecule has 336 valence electrons. The summed E-state index contributed by atoms with van der Waals surface area (Å²) >= 11 is 0. The number of hydrogen-bond donors (Lipinski definition) is 5. The number of nitrogens with one attached hydrogen (secondary N) is 3. The van der Waals surface area contributed by atoms with E-state index < -0.39 is 72.0 Å². The fourth-order valence-electron chi connectivity index (χ4n) is 6.86. The number of carbonyl (C=O) groups excluding carboxylic acids is 7. The highest BCUT2D eigenvalue weighted by Gasteiger charge is 2.44. The van der Waals surface area contributed by atoms with Gasteiger partial charge in [0.1, 0.15) is 24.7 Å². The number of nitrogens with zero attached hydrogens (tertiary/aromatic N) is 6. The van der Waals surface area contributed by atoms with Gasteiger partial charge < -0.3 is 30.6 Å². The minimum Gasteiger partial charge on any atom is -0.465 e. The summed E-state index contributed by atoms with van der Waals surface area (Å²) in [5.74, 6) is -5.44. The van der Waals surface area contributed by atoms with Gasteiger partial charge in [-0.25, -0.2) is 19.4 Å². The van der Waals surface area contributed by atoms with Crippen LogP contribution in [0.3, 0.4) is 0 Å². The number of carboxylic acid groups (broad SMARTS) is 1. The first-order valence-electron chi connectivity index (χ1n) is 19.5. The number of pyridine rings is 1. The number of amides is 8. The number of piperidine rings is 1. The molecule has 1 saturated heterocycles. The van der Waals surface area contributed by atoms with Crippen molar-refractivity contribution in [2.75, 3.05) is 36.5 Å². The van der Waals surface area contributed by atoms with E-state index in [-0.39, 0.29) is 76.1 Å². The van der Waals surface area contributed by atoms with Crippen LogP contribution in [0.25, 0.3) is 17.1 Å². The van der Waals surface area contributed by atoms with Gasteiger partial charge in [0.15, 0.2) is 11.4 Å². The maximum Gasteiger partial charge on any atom is 0.413 e. The van der Waals surface area contributed by atoms with Gasteiger partial charge in [0.05, 0.1) is 35.3 Å². The SMILES string of the molecule is NC(=O)c1nn(-c2ccc(C(=O)NCCOCCCc3ccc4c(c3)C(=O)N(C3CCC(=O)NC3=O)C4=O)cc2)cc1NC(=O)c1coc(-c2ccnc(N(CC(F)(F)F)C(=O)O)c2)n1. The highest BCUT2D eigenvalue weighted by Crippen LogP contribution is 2.30. The average Bonchev–Trinajstić information content (AvgIpc) is 3.99. The number of hydrogen-bond acceptors (Lipinski definition) is 13. The monoisotopic (exact) mass is 900 g/mol. The lowest BCUT2D eigenvalue weighted by Gasteiger charge is -2.27. The highest BCUT2D eigenvalue weighted by molar-refractivity contribution is 6.23. The summed E-state index contributed by atoms with van der Waals surface area (Å²) in [5.41, 5.74) is 6.54. The first-order chi connectivity index (χ1) is 31.0. The lowest BCUT2D eigenvalue weighted by atomic mass is 10.0. The number of anilines is 2. The minimum absolute atomic E-state index is 0.00406. The first kappa shape index (κ1) is 44.8. The summed E-state index contributed by atoms with van der Waals surface area (Å²) in [5, 5.41) is 20.8. The summed E-state index contributed by atoms with van der Waals surface area (Å²) in [6.07, 6.45) is -2.35. The van der Waals surface area contributed by atoms with Crippen LogP contribution in [0.15, 0.2) is 77.7 Å². The second-order valence-electron chi connectivity index (χ2n) is 14.4. The van der Waals surface area contributed by atoms with Crippen molar-refractivity contribution in [2.45, 2.75) is 37.9 Å². The van der Waals surface area contributed by atoms with Crippen LogP contribution in [0, 0.1) is 0 Å². The molecule has 0 radical (unpaired) electrons. The third-order valence-corrected chi connectivity index (χ3v) is 9.95. The quantitative estimate of drug-likeness (QED) is 0.0703. The Kier molecular flexibility index (Phi) is 12.8. The number of ether oxygens (including phenoxy) is 1. The molecule has 8 amide bonds. The Labute approximate surface area is 363 Å². The van der Waals surface area contributed by atoms with Crippen molar-refractivity contribution in [2.24, 2.45) is 5.73 Å². The van der Waals surface area contributed by atoms with Crippen molar-refractivity contribution in [3.63, 3.8) is 0 Å². The van der Waals surface area contributed by atoms with Gasteiger partial charge in [0.25, 0.3) is 29.5 Å². The predicted octanol–water partition coefficient (Wildman–Crippen LogP) is 3.10. The molecular formula is C41H35F3N10O11. The molecule has 6 N–H and O–H groups in total. The molecule has 21 nitrogen and oxygen atoms in total. The average molecular weight is 901 g/mol.